The Hall–Kier alpha value is -0.830. The largest absolute Gasteiger partial charge is 0.399 e. The highest BCUT2D eigenvalue weighted by atomic mass is 32.1. The van der Waals surface area contributed by atoms with Gasteiger partial charge in [0.1, 0.15) is 7.11 Å². The Balaban J connectivity index is 2.50. The van der Waals surface area contributed by atoms with Crippen LogP contribution in [0.4, 0.5) is 0 Å². The van der Waals surface area contributed by atoms with Gasteiger partial charge in [0.25, 0.3) is 0 Å². The second-order valence-electron chi connectivity index (χ2n) is 3.10. The molecule has 0 aliphatic heterocycles. The minimum Gasteiger partial charge on any atom is -0.399 e. The Morgan fingerprint density at radius 3 is 3.00 bits per heavy atom. The molecule has 0 N–H and O–H groups in total. The number of thiophene rings is 1. The number of hydrogen-bond acceptors (Lipinski definition) is 3. The molecule has 0 amide bonds. The first-order chi connectivity index (χ1) is 6.24. The van der Waals surface area contributed by atoms with Crippen LogP contribution < -0.4 is 0 Å². The van der Waals surface area contributed by atoms with E-state index < -0.39 is 0 Å². The summed E-state index contributed by atoms with van der Waals surface area (Å²) < 4.78 is 0. The topological polar surface area (TPSA) is 21.6 Å². The molecular formula is C10H15NOS. The van der Waals surface area contributed by atoms with Gasteiger partial charge in [0.05, 0.1) is 5.71 Å². The lowest BCUT2D eigenvalue weighted by molar-refractivity contribution is 0.211. The van der Waals surface area contributed by atoms with Gasteiger partial charge in [-0.05, 0) is 24.8 Å². The van der Waals surface area contributed by atoms with Gasteiger partial charge in [-0.15, -0.1) is 11.3 Å². The van der Waals surface area contributed by atoms with Crippen molar-refractivity contribution >= 4 is 17.0 Å². The van der Waals surface area contributed by atoms with Crippen LogP contribution >= 0.6 is 11.3 Å². The summed E-state index contributed by atoms with van der Waals surface area (Å²) in [5, 5.41) is 6.03. The summed E-state index contributed by atoms with van der Waals surface area (Å²) in [4.78, 5) is 6.14. The van der Waals surface area contributed by atoms with E-state index in [9.17, 15) is 0 Å². The molecule has 3 heteroatoms. The predicted molar refractivity (Wildman–Crippen MR) is 57.3 cm³/mol. The first-order valence-corrected chi connectivity index (χ1v) is 5.22. The zero-order valence-electron chi connectivity index (χ0n) is 8.28. The molecule has 0 fully saturated rings. The van der Waals surface area contributed by atoms with Gasteiger partial charge in [-0.1, -0.05) is 18.1 Å². The Morgan fingerprint density at radius 1 is 1.69 bits per heavy atom. The second-order valence-corrected chi connectivity index (χ2v) is 4.13. The summed E-state index contributed by atoms with van der Waals surface area (Å²) in [5.74, 6) is 0.457. The molecule has 1 aromatic heterocycles. The van der Waals surface area contributed by atoms with Gasteiger partial charge < -0.3 is 4.84 Å². The molecular weight excluding hydrogens is 182 g/mol. The maximum Gasteiger partial charge on any atom is 0.106 e. The van der Waals surface area contributed by atoms with E-state index in [0.29, 0.717) is 5.92 Å². The highest BCUT2D eigenvalue weighted by Gasteiger charge is 2.07. The fourth-order valence-electron chi connectivity index (χ4n) is 1.11. The molecule has 72 valence electrons. The molecule has 0 radical (unpaired) electrons. The molecule has 0 spiro atoms. The molecule has 0 aromatic carbocycles. The Morgan fingerprint density at radius 2 is 2.46 bits per heavy atom. The van der Waals surface area contributed by atoms with E-state index in [1.165, 1.54) is 4.88 Å². The van der Waals surface area contributed by atoms with Crippen LogP contribution in [0.15, 0.2) is 22.7 Å². The predicted octanol–water partition coefficient (Wildman–Crippen LogP) is 2.95. The Kier molecular flexibility index (Phi) is 3.96. The summed E-state index contributed by atoms with van der Waals surface area (Å²) in [6.07, 6.45) is 1.05. The number of rotatable bonds is 4. The fraction of sp³-hybridized carbons (Fsp3) is 0.500. The first-order valence-electron chi connectivity index (χ1n) is 4.34. The maximum absolute atomic E-state index is 4.74. The molecule has 2 nitrogen and oxygen atoms in total. The minimum absolute atomic E-state index is 0.457. The van der Waals surface area contributed by atoms with Crippen molar-refractivity contribution in [2.75, 3.05) is 7.11 Å². The van der Waals surface area contributed by atoms with Gasteiger partial charge in [0.15, 0.2) is 0 Å². The van der Waals surface area contributed by atoms with Gasteiger partial charge in [0, 0.05) is 10.8 Å². The maximum atomic E-state index is 4.74. The molecule has 1 aromatic rings. The molecule has 0 saturated carbocycles. The molecule has 1 heterocycles. The molecule has 0 saturated heterocycles. The van der Waals surface area contributed by atoms with E-state index in [1.807, 2.05) is 6.92 Å². The molecule has 1 rings (SSSR count). The van der Waals surface area contributed by atoms with Crippen molar-refractivity contribution in [3.05, 3.63) is 22.4 Å². The lowest BCUT2D eigenvalue weighted by Crippen LogP contribution is -2.09. The average molecular weight is 197 g/mol. The third-order valence-electron chi connectivity index (χ3n) is 2.04. The quantitative estimate of drug-likeness (QED) is 0.537. The Bertz CT molecular complexity index is 266. The first kappa shape index (κ1) is 10.3. The third kappa shape index (κ3) is 3.19. The highest BCUT2D eigenvalue weighted by molar-refractivity contribution is 7.09. The van der Waals surface area contributed by atoms with E-state index in [2.05, 4.69) is 29.6 Å². The van der Waals surface area contributed by atoms with E-state index in [-0.39, 0.29) is 0 Å². The van der Waals surface area contributed by atoms with Gasteiger partial charge in [-0.2, -0.15) is 0 Å². The van der Waals surface area contributed by atoms with Crippen LogP contribution in [-0.2, 0) is 11.3 Å². The van der Waals surface area contributed by atoms with E-state index in [1.54, 1.807) is 18.4 Å². The van der Waals surface area contributed by atoms with Crippen LogP contribution in [0.2, 0.25) is 0 Å². The van der Waals surface area contributed by atoms with E-state index in [0.717, 1.165) is 12.1 Å². The smallest absolute Gasteiger partial charge is 0.106 e. The van der Waals surface area contributed by atoms with Crippen molar-refractivity contribution < 1.29 is 4.84 Å². The van der Waals surface area contributed by atoms with Crippen LogP contribution in [0.3, 0.4) is 0 Å². The molecule has 0 aliphatic carbocycles. The lowest BCUT2D eigenvalue weighted by atomic mass is 10.0. The van der Waals surface area contributed by atoms with Gasteiger partial charge >= 0.3 is 0 Å². The van der Waals surface area contributed by atoms with Crippen molar-refractivity contribution in [2.45, 2.75) is 20.3 Å². The number of oxime groups is 1. The van der Waals surface area contributed by atoms with E-state index >= 15 is 0 Å². The van der Waals surface area contributed by atoms with Crippen molar-refractivity contribution in [3.63, 3.8) is 0 Å². The summed E-state index contributed by atoms with van der Waals surface area (Å²) in [7, 11) is 1.58. The zero-order valence-corrected chi connectivity index (χ0v) is 9.10. The molecule has 1 atom stereocenters. The van der Waals surface area contributed by atoms with Crippen LogP contribution in [0.5, 0.6) is 0 Å². The Labute approximate surface area is 83.2 Å². The van der Waals surface area contributed by atoms with Gasteiger partial charge in [-0.3, -0.25) is 0 Å². The van der Waals surface area contributed by atoms with Gasteiger partial charge in [0.2, 0.25) is 0 Å². The van der Waals surface area contributed by atoms with Crippen LogP contribution in [0, 0.1) is 5.92 Å². The van der Waals surface area contributed by atoms with Crippen molar-refractivity contribution in [2.24, 2.45) is 11.1 Å². The zero-order chi connectivity index (χ0) is 9.68. The van der Waals surface area contributed by atoms with Crippen LogP contribution in [0.1, 0.15) is 18.7 Å². The normalized spacial score (nSPS) is 14.2. The standard InChI is InChI=1S/C10H15NOS/c1-8(9(2)11-12-3)7-10-5-4-6-13-10/h4-6,8H,7H2,1-3H3/b11-9+/t8-/m0/s1. The molecule has 13 heavy (non-hydrogen) atoms. The SMILES string of the molecule is CO/N=C(\C)[C@@H](C)Cc1cccs1. The number of hydrogen-bond donors (Lipinski definition) is 0. The van der Waals surface area contributed by atoms with Crippen LogP contribution in [-0.4, -0.2) is 12.8 Å². The highest BCUT2D eigenvalue weighted by Crippen LogP contribution is 2.15. The fourth-order valence-corrected chi connectivity index (χ4v) is 1.95. The van der Waals surface area contributed by atoms with Crippen LogP contribution in [0.25, 0.3) is 0 Å². The van der Waals surface area contributed by atoms with E-state index in [4.69, 9.17) is 4.84 Å². The molecule has 0 unspecified atom stereocenters. The van der Waals surface area contributed by atoms with Crippen molar-refractivity contribution in [3.8, 4) is 0 Å². The van der Waals surface area contributed by atoms with Crippen molar-refractivity contribution in [1.29, 1.82) is 0 Å². The number of nitrogens with zero attached hydrogens (tertiary/aromatic N) is 1. The van der Waals surface area contributed by atoms with Gasteiger partial charge in [-0.25, -0.2) is 0 Å². The third-order valence-corrected chi connectivity index (χ3v) is 2.93. The summed E-state index contributed by atoms with van der Waals surface area (Å²) in [6, 6.07) is 4.23. The average Bonchev–Trinajstić information content (AvgIpc) is 2.57. The summed E-state index contributed by atoms with van der Waals surface area (Å²) in [5.41, 5.74) is 1.05. The summed E-state index contributed by atoms with van der Waals surface area (Å²) >= 11 is 1.79. The lowest BCUT2D eigenvalue weighted by Gasteiger charge is -2.08. The van der Waals surface area contributed by atoms with Crippen molar-refractivity contribution in [1.82, 2.24) is 0 Å². The summed E-state index contributed by atoms with van der Waals surface area (Å²) in [6.45, 7) is 4.17. The molecule has 0 bridgehead atoms. The molecule has 0 aliphatic rings. The monoisotopic (exact) mass is 197 g/mol. The minimum atomic E-state index is 0.457. The second kappa shape index (κ2) is 5.02.